The van der Waals surface area contributed by atoms with Gasteiger partial charge in [-0.25, -0.2) is 0 Å². The number of rotatable bonds is 15. The lowest BCUT2D eigenvalue weighted by Gasteiger charge is -2.56. The van der Waals surface area contributed by atoms with Crippen LogP contribution in [0.25, 0.3) is 0 Å². The first-order valence-corrected chi connectivity index (χ1v) is 27.0. The molecule has 0 radical (unpaired) electrons. The molecule has 256 valence electrons. The number of benzene rings is 2. The third-order valence-corrected chi connectivity index (χ3v) is 29.4. The zero-order chi connectivity index (χ0) is 34.8. The number of carbonyl (C=O) groups is 2. The maximum absolute atomic E-state index is 12.7. The number of hydrogen-bond acceptors (Lipinski definition) is 7. The molecule has 1 fully saturated rings. The second kappa shape index (κ2) is 14.4. The summed E-state index contributed by atoms with van der Waals surface area (Å²) in [5.41, 5.74) is -0.359. The Morgan fingerprint density at radius 1 is 0.804 bits per heavy atom. The van der Waals surface area contributed by atoms with Gasteiger partial charge < -0.3 is 23.8 Å². The number of aliphatic hydroxyl groups is 2. The van der Waals surface area contributed by atoms with Crippen LogP contribution in [0.5, 0.6) is 0 Å². The van der Waals surface area contributed by atoms with E-state index in [2.05, 4.69) is 45.8 Å². The molecule has 10 heteroatoms. The van der Waals surface area contributed by atoms with Crippen molar-refractivity contribution >= 4 is 35.3 Å². The molecule has 2 atom stereocenters. The molecular weight excluding hydrogens is 629 g/mol. The molecule has 0 amide bonds. The lowest BCUT2D eigenvalue weighted by molar-refractivity contribution is -0.0438. The number of carbonyl (C=O) groups excluding carboxylic acids is 2. The second-order valence-electron chi connectivity index (χ2n) is 16.2. The van der Waals surface area contributed by atoms with Gasteiger partial charge in [0.25, 0.3) is 0 Å². The van der Waals surface area contributed by atoms with Gasteiger partial charge in [0.2, 0.25) is 0 Å². The Bertz CT molecular complexity index is 1260. The Hall–Kier alpha value is -1.77. The largest absolute Gasteiger partial charge is 0.456 e. The van der Waals surface area contributed by atoms with E-state index in [1.54, 1.807) is 24.3 Å². The summed E-state index contributed by atoms with van der Waals surface area (Å²) >= 11 is 0. The third-order valence-electron chi connectivity index (χ3n) is 9.24. The number of ketones is 2. The molecular formula is C36H58O7Si3. The van der Waals surface area contributed by atoms with E-state index in [4.69, 9.17) is 13.6 Å². The van der Waals surface area contributed by atoms with Crippen LogP contribution in [0, 0.1) is 0 Å². The maximum atomic E-state index is 12.7. The summed E-state index contributed by atoms with van der Waals surface area (Å²) in [7, 11) is -5.85. The van der Waals surface area contributed by atoms with Crippen LogP contribution >= 0.6 is 0 Å². The zero-order valence-electron chi connectivity index (χ0n) is 30.1. The van der Waals surface area contributed by atoms with Crippen LogP contribution in [-0.4, -0.2) is 75.2 Å². The van der Waals surface area contributed by atoms with Crippen molar-refractivity contribution in [3.05, 3.63) is 70.8 Å². The minimum atomic E-state index is -2.29. The summed E-state index contributed by atoms with van der Waals surface area (Å²) < 4.78 is 20.7. The number of Topliss-reactive ketones (excluding diaryl/α,β-unsaturated/α-hetero) is 2. The molecule has 1 aliphatic heterocycles. The molecule has 0 aliphatic carbocycles. The van der Waals surface area contributed by atoms with Crippen LogP contribution in [0.1, 0.15) is 97.7 Å². The Morgan fingerprint density at radius 2 is 1.26 bits per heavy atom. The van der Waals surface area contributed by atoms with Gasteiger partial charge >= 0.3 is 0 Å². The molecule has 2 aromatic rings. The van der Waals surface area contributed by atoms with Gasteiger partial charge in [-0.15, -0.1) is 0 Å². The normalized spacial score (nSPS) is 19.6. The first-order chi connectivity index (χ1) is 21.0. The van der Waals surface area contributed by atoms with E-state index in [9.17, 15) is 19.8 Å². The summed E-state index contributed by atoms with van der Waals surface area (Å²) in [6.07, 6.45) is 4.51. The van der Waals surface area contributed by atoms with E-state index >= 15 is 0 Å². The molecule has 1 saturated heterocycles. The van der Waals surface area contributed by atoms with Crippen molar-refractivity contribution in [1.29, 1.82) is 0 Å². The Morgan fingerprint density at radius 3 is 1.61 bits per heavy atom. The second-order valence-corrected chi connectivity index (χ2v) is 36.1. The van der Waals surface area contributed by atoms with E-state index in [0.717, 1.165) is 49.8 Å². The van der Waals surface area contributed by atoms with Crippen molar-refractivity contribution in [2.24, 2.45) is 0 Å². The molecule has 2 aromatic carbocycles. The average Bonchev–Trinajstić information content (AvgIpc) is 2.95. The van der Waals surface area contributed by atoms with Crippen LogP contribution in [0.15, 0.2) is 48.5 Å². The first-order valence-electron chi connectivity index (χ1n) is 16.7. The van der Waals surface area contributed by atoms with Crippen molar-refractivity contribution < 1.29 is 33.4 Å². The van der Waals surface area contributed by atoms with E-state index in [-0.39, 0.29) is 16.8 Å². The number of ether oxygens (including phenoxy) is 2. The molecule has 2 N–H and O–H groups in total. The van der Waals surface area contributed by atoms with Gasteiger partial charge in [0.15, 0.2) is 27.7 Å². The summed E-state index contributed by atoms with van der Waals surface area (Å²) in [6, 6.07) is 14.3. The minimum absolute atomic E-state index is 0.243. The topological polar surface area (TPSA) is 102 Å². The van der Waals surface area contributed by atoms with Gasteiger partial charge in [-0.05, 0) is 97.1 Å². The molecule has 1 heterocycles. The molecule has 7 nitrogen and oxygen atoms in total. The molecule has 0 spiro atoms. The molecule has 46 heavy (non-hydrogen) atoms. The summed E-state index contributed by atoms with van der Waals surface area (Å²) in [6.45, 7) is 23.9. The maximum Gasteiger partial charge on any atom is 0.195 e. The third kappa shape index (κ3) is 9.22. The van der Waals surface area contributed by atoms with Gasteiger partial charge in [-0.2, -0.15) is 0 Å². The fourth-order valence-electron chi connectivity index (χ4n) is 6.47. The minimum Gasteiger partial charge on any atom is -0.456 e. The quantitative estimate of drug-likeness (QED) is 0.112. The predicted octanol–water partition coefficient (Wildman–Crippen LogP) is 7.80. The molecule has 0 aromatic heterocycles. The van der Waals surface area contributed by atoms with Crippen LogP contribution in [0.3, 0.4) is 0 Å². The van der Waals surface area contributed by atoms with E-state index in [1.807, 2.05) is 24.3 Å². The van der Waals surface area contributed by atoms with Crippen molar-refractivity contribution in [3.63, 3.8) is 0 Å². The number of hydrogen-bond donors (Lipinski definition) is 2. The summed E-state index contributed by atoms with van der Waals surface area (Å²) in [5.74, 6) is -0.696. The van der Waals surface area contributed by atoms with E-state index < -0.39 is 41.0 Å². The molecule has 3 rings (SSSR count). The van der Waals surface area contributed by atoms with Gasteiger partial charge in [0.1, 0.15) is 17.3 Å². The molecule has 2 unspecified atom stereocenters. The van der Waals surface area contributed by atoms with Crippen molar-refractivity contribution in [2.45, 2.75) is 128 Å². The highest BCUT2D eigenvalue weighted by Gasteiger charge is 2.61. The van der Waals surface area contributed by atoms with Crippen molar-refractivity contribution in [2.75, 3.05) is 13.2 Å². The van der Waals surface area contributed by atoms with Gasteiger partial charge in [0.05, 0.1) is 12.8 Å². The summed E-state index contributed by atoms with van der Waals surface area (Å²) in [4.78, 5) is 25.4. The van der Waals surface area contributed by atoms with E-state index in [0.29, 0.717) is 17.7 Å². The predicted molar refractivity (Wildman–Crippen MR) is 193 cm³/mol. The standard InChI is InChI=1S/C36H58O7Si3/c1-34(2,39)32(37)29-19-15-27(16-20-29)31(28-17-21-30(22-18-28)33(38)35(3,4)40)41-25-14-24-36(23-12-13-26-42-36)46(11,45(8,9)10)43-44(5,6)7/h15-22,31,39-40H,12-14,23-26H2,1-11H3. The highest BCUT2D eigenvalue weighted by Crippen LogP contribution is 2.44. The summed E-state index contributed by atoms with van der Waals surface area (Å²) in [5, 5.41) is 20.2. The highest BCUT2D eigenvalue weighted by molar-refractivity contribution is 7.40. The smallest absolute Gasteiger partial charge is 0.195 e. The Labute approximate surface area is 280 Å². The van der Waals surface area contributed by atoms with Crippen LogP contribution in [0.4, 0.5) is 0 Å². The van der Waals surface area contributed by atoms with Crippen molar-refractivity contribution in [1.82, 2.24) is 0 Å². The lowest BCUT2D eigenvalue weighted by Crippen LogP contribution is -2.75. The van der Waals surface area contributed by atoms with Crippen LogP contribution < -0.4 is 0 Å². The van der Waals surface area contributed by atoms with Gasteiger partial charge in [-0.3, -0.25) is 9.59 Å². The first kappa shape index (κ1) is 38.7. The molecule has 1 aliphatic rings. The molecule has 0 saturated carbocycles. The average molecular weight is 687 g/mol. The Balaban J connectivity index is 1.91. The monoisotopic (exact) mass is 686 g/mol. The fourth-order valence-corrected chi connectivity index (χ4v) is 27.0. The van der Waals surface area contributed by atoms with Gasteiger partial charge in [-0.1, -0.05) is 68.2 Å². The fraction of sp³-hybridized carbons (Fsp3) is 0.611. The molecule has 0 bridgehead atoms. The Kier molecular flexibility index (Phi) is 12.1. The van der Waals surface area contributed by atoms with Crippen molar-refractivity contribution in [3.8, 4) is 0 Å². The van der Waals surface area contributed by atoms with Crippen LogP contribution in [0.2, 0.25) is 45.8 Å². The van der Waals surface area contributed by atoms with Gasteiger partial charge in [0, 0.05) is 24.3 Å². The lowest BCUT2D eigenvalue weighted by atomic mass is 9.92. The zero-order valence-corrected chi connectivity index (χ0v) is 33.1. The van der Waals surface area contributed by atoms with Crippen LogP contribution in [-0.2, 0) is 13.6 Å². The van der Waals surface area contributed by atoms with E-state index in [1.165, 1.54) is 27.7 Å². The SMILES string of the molecule is CC(C)(O)C(=O)c1ccc(C(OCCCC2([Si](C)(O[Si](C)(C)C)[Si](C)(C)C)CCCCO2)c2ccc(C(=O)C(C)(C)O)cc2)cc1. The highest BCUT2D eigenvalue weighted by atomic mass is 29.3.